The quantitative estimate of drug-likeness (QED) is 0.585. The number of hydrogen-bond acceptors (Lipinski definition) is 3. The van der Waals surface area contributed by atoms with Crippen LogP contribution in [0.15, 0.2) is 46.6 Å². The molecule has 16 heavy (non-hydrogen) atoms. The van der Waals surface area contributed by atoms with Crippen molar-refractivity contribution in [2.75, 3.05) is 0 Å². The molecule has 0 aromatic heterocycles. The number of rotatable bonds is 1. The summed E-state index contributed by atoms with van der Waals surface area (Å²) in [6.07, 6.45) is 1.10. The van der Waals surface area contributed by atoms with Gasteiger partial charge in [-0.3, -0.25) is 4.79 Å². The van der Waals surface area contributed by atoms with Crippen molar-refractivity contribution in [3.63, 3.8) is 0 Å². The highest BCUT2D eigenvalue weighted by atomic mass is 79.9. The highest BCUT2D eigenvalue weighted by Crippen LogP contribution is 2.35. The number of halogens is 1. The van der Waals surface area contributed by atoms with Crippen molar-refractivity contribution in [1.82, 2.24) is 0 Å². The summed E-state index contributed by atoms with van der Waals surface area (Å²) in [5.41, 5.74) is 0.795. The van der Waals surface area contributed by atoms with Crippen molar-refractivity contribution >= 4 is 27.5 Å². The van der Waals surface area contributed by atoms with E-state index in [1.54, 1.807) is 6.07 Å². The Hall–Kier alpha value is -1.86. The Balaban J connectivity index is 2.43. The first kappa shape index (κ1) is 10.7. The molecule has 2 rings (SSSR count). The molecule has 0 atom stereocenters. The lowest BCUT2D eigenvalue weighted by molar-refractivity contribution is -0.112. The third-order valence-electron chi connectivity index (χ3n) is 2.07. The number of hydrogen-bond donors (Lipinski definition) is 0. The maximum atomic E-state index is 11.6. The van der Waals surface area contributed by atoms with Crippen LogP contribution in [0, 0.1) is 11.3 Å². The van der Waals surface area contributed by atoms with Gasteiger partial charge in [0.15, 0.2) is 11.5 Å². The Kier molecular flexibility index (Phi) is 2.88. The lowest BCUT2D eigenvalue weighted by Gasteiger charge is -2.02. The fraction of sp³-hybridized carbons (Fsp3) is 0. The molecule has 78 valence electrons. The molecule has 1 heterocycles. The van der Waals surface area contributed by atoms with Crippen LogP contribution in [0.1, 0.15) is 5.56 Å². The predicted octanol–water partition coefficient (Wildman–Crippen LogP) is 2.76. The molecule has 0 radical (unpaired) electrons. The van der Waals surface area contributed by atoms with E-state index in [1.165, 1.54) is 0 Å². The minimum Gasteiger partial charge on any atom is -0.450 e. The van der Waals surface area contributed by atoms with Gasteiger partial charge in [0.05, 0.1) is 12.1 Å². The Bertz CT molecular complexity index is 538. The van der Waals surface area contributed by atoms with Crippen molar-refractivity contribution in [1.29, 1.82) is 5.26 Å². The molecule has 0 spiro atoms. The van der Waals surface area contributed by atoms with E-state index in [1.807, 2.05) is 30.3 Å². The molecule has 0 amide bonds. The van der Waals surface area contributed by atoms with Gasteiger partial charge in [0.1, 0.15) is 4.48 Å². The van der Waals surface area contributed by atoms with E-state index >= 15 is 0 Å². The lowest BCUT2D eigenvalue weighted by Crippen LogP contribution is -1.94. The fourth-order valence-electron chi connectivity index (χ4n) is 1.34. The van der Waals surface area contributed by atoms with E-state index in [2.05, 4.69) is 15.9 Å². The second kappa shape index (κ2) is 4.33. The van der Waals surface area contributed by atoms with E-state index in [0.717, 1.165) is 11.6 Å². The highest BCUT2D eigenvalue weighted by Gasteiger charge is 2.29. The van der Waals surface area contributed by atoms with Crippen molar-refractivity contribution < 1.29 is 9.53 Å². The van der Waals surface area contributed by atoms with Gasteiger partial charge in [-0.1, -0.05) is 30.3 Å². The van der Waals surface area contributed by atoms with Crippen LogP contribution >= 0.6 is 15.9 Å². The summed E-state index contributed by atoms with van der Waals surface area (Å²) in [4.78, 5) is 11.6. The molecule has 0 N–H and O–H groups in total. The Morgan fingerprint density at radius 3 is 2.62 bits per heavy atom. The van der Waals surface area contributed by atoms with Gasteiger partial charge in [-0.2, -0.15) is 5.26 Å². The van der Waals surface area contributed by atoms with Gasteiger partial charge in [0.25, 0.3) is 0 Å². The maximum Gasteiger partial charge on any atom is 0.239 e. The van der Waals surface area contributed by atoms with Crippen LogP contribution in [0.4, 0.5) is 0 Å². The molecule has 1 aliphatic rings. The third kappa shape index (κ3) is 1.77. The smallest absolute Gasteiger partial charge is 0.239 e. The predicted molar refractivity (Wildman–Crippen MR) is 62.1 cm³/mol. The van der Waals surface area contributed by atoms with Crippen LogP contribution in [0.5, 0.6) is 0 Å². The van der Waals surface area contributed by atoms with Gasteiger partial charge in [0.2, 0.25) is 5.78 Å². The summed E-state index contributed by atoms with van der Waals surface area (Å²) in [6, 6.07) is 11.0. The number of ether oxygens (including phenoxy) is 1. The zero-order chi connectivity index (χ0) is 11.5. The van der Waals surface area contributed by atoms with Crippen LogP contribution in [0.2, 0.25) is 0 Å². The minimum absolute atomic E-state index is 0.0493. The average Bonchev–Trinajstić information content (AvgIpc) is 2.59. The van der Waals surface area contributed by atoms with Gasteiger partial charge in [-0.15, -0.1) is 0 Å². The summed E-state index contributed by atoms with van der Waals surface area (Å²) >= 11 is 3.17. The van der Waals surface area contributed by atoms with E-state index in [0.29, 0.717) is 10.2 Å². The monoisotopic (exact) mass is 275 g/mol. The lowest BCUT2D eigenvalue weighted by atomic mass is 10.2. The molecule has 0 fully saturated rings. The Labute approximate surface area is 101 Å². The topological polar surface area (TPSA) is 50.1 Å². The van der Waals surface area contributed by atoms with Gasteiger partial charge in [-0.05, 0) is 15.9 Å². The van der Waals surface area contributed by atoms with Crippen molar-refractivity contribution in [2.45, 2.75) is 0 Å². The summed E-state index contributed by atoms with van der Waals surface area (Å²) in [7, 11) is 0. The molecule has 0 aliphatic carbocycles. The normalized spacial score (nSPS) is 17.5. The van der Waals surface area contributed by atoms with Crippen molar-refractivity contribution in [2.24, 2.45) is 0 Å². The second-order valence-corrected chi connectivity index (χ2v) is 3.87. The van der Waals surface area contributed by atoms with Gasteiger partial charge < -0.3 is 4.74 Å². The zero-order valence-electron chi connectivity index (χ0n) is 8.11. The molecule has 0 saturated carbocycles. The standard InChI is InChI=1S/C12H6BrNO2/c13-10-11(15)9(6-7-14)16-12(10)8-4-2-1-3-5-8/h1-6H/b9-6-. The van der Waals surface area contributed by atoms with E-state index in [4.69, 9.17) is 10.00 Å². The van der Waals surface area contributed by atoms with Gasteiger partial charge >= 0.3 is 0 Å². The van der Waals surface area contributed by atoms with Crippen LogP contribution in [0.25, 0.3) is 5.76 Å². The SMILES string of the molecule is N#C/C=C1\OC(c2ccccc2)=C(Br)C1=O. The molecule has 1 aromatic rings. The largest absolute Gasteiger partial charge is 0.450 e. The molecule has 1 aromatic carbocycles. The number of carbonyl (C=O) groups excluding carboxylic acids is 1. The number of benzene rings is 1. The summed E-state index contributed by atoms with van der Waals surface area (Å²) in [5.74, 6) is 0.195. The van der Waals surface area contributed by atoms with E-state index in [9.17, 15) is 4.79 Å². The number of nitriles is 1. The third-order valence-corrected chi connectivity index (χ3v) is 2.79. The van der Waals surface area contributed by atoms with Gasteiger partial charge in [-0.25, -0.2) is 0 Å². The van der Waals surface area contributed by atoms with Crippen LogP contribution < -0.4 is 0 Å². The number of ketones is 1. The van der Waals surface area contributed by atoms with Crippen LogP contribution in [0.3, 0.4) is 0 Å². The number of carbonyl (C=O) groups is 1. The average molecular weight is 276 g/mol. The molecule has 0 unspecified atom stereocenters. The molecule has 4 heteroatoms. The Morgan fingerprint density at radius 1 is 1.31 bits per heavy atom. The summed E-state index contributed by atoms with van der Waals surface area (Å²) in [6.45, 7) is 0. The molecular formula is C12H6BrNO2. The maximum absolute atomic E-state index is 11.6. The highest BCUT2D eigenvalue weighted by molar-refractivity contribution is 9.12. The molecular weight excluding hydrogens is 270 g/mol. The minimum atomic E-state index is -0.305. The molecule has 0 bridgehead atoms. The second-order valence-electron chi connectivity index (χ2n) is 3.08. The summed E-state index contributed by atoms with van der Waals surface area (Å²) in [5, 5.41) is 8.50. The van der Waals surface area contributed by atoms with E-state index < -0.39 is 0 Å². The van der Waals surface area contributed by atoms with Crippen molar-refractivity contribution in [3.8, 4) is 6.07 Å². The van der Waals surface area contributed by atoms with Crippen molar-refractivity contribution in [3.05, 3.63) is 52.2 Å². The summed E-state index contributed by atoms with van der Waals surface area (Å²) < 4.78 is 5.68. The number of allylic oxidation sites excluding steroid dienone is 2. The number of Topliss-reactive ketones (excluding diaryl/α,β-unsaturated/α-hetero) is 1. The van der Waals surface area contributed by atoms with Crippen LogP contribution in [-0.4, -0.2) is 5.78 Å². The zero-order valence-corrected chi connectivity index (χ0v) is 9.69. The molecule has 0 saturated heterocycles. The van der Waals surface area contributed by atoms with E-state index in [-0.39, 0.29) is 11.5 Å². The molecule has 3 nitrogen and oxygen atoms in total. The van der Waals surface area contributed by atoms with Gasteiger partial charge in [0, 0.05) is 5.56 Å². The number of nitrogens with zero attached hydrogens (tertiary/aromatic N) is 1. The first-order valence-electron chi connectivity index (χ1n) is 4.51. The van der Waals surface area contributed by atoms with Crippen LogP contribution in [-0.2, 0) is 9.53 Å². The Morgan fingerprint density at radius 2 is 2.00 bits per heavy atom. The fourth-order valence-corrected chi connectivity index (χ4v) is 1.85. The molecule has 1 aliphatic heterocycles. The first-order valence-corrected chi connectivity index (χ1v) is 5.31. The first-order chi connectivity index (χ1) is 7.74.